The first-order chi connectivity index (χ1) is 16.8. The van der Waals surface area contributed by atoms with Crippen LogP contribution in [0.1, 0.15) is 37.2 Å². The summed E-state index contributed by atoms with van der Waals surface area (Å²) in [6.45, 7) is 4.49. The number of fused-ring (bicyclic) bond motifs is 1. The predicted octanol–water partition coefficient (Wildman–Crippen LogP) is 4.42. The van der Waals surface area contributed by atoms with Crippen LogP contribution in [0.2, 0.25) is 0 Å². The van der Waals surface area contributed by atoms with Crippen LogP contribution in [0.25, 0.3) is 22.3 Å². The molecule has 35 heavy (non-hydrogen) atoms. The molecule has 0 unspecified atom stereocenters. The highest BCUT2D eigenvalue weighted by molar-refractivity contribution is 5.97. The second-order valence-corrected chi connectivity index (χ2v) is 8.15. The number of anilines is 2. The molecule has 0 saturated carbocycles. The fraction of sp³-hybridized carbons (Fsp3) is 0.148. The number of Topliss-reactive ketones (excluding diaryl/α,β-unsaturated/α-hetero) is 1. The SMILES string of the molecule is CC(=O)Nc1ccccc1-c1nc2ccccc2n([C@H](C)C(=O)Nc2ccc(C(C)=O)cc2)c1=O. The average Bonchev–Trinajstić information content (AvgIpc) is 2.83. The van der Waals surface area contributed by atoms with Crippen molar-refractivity contribution in [3.63, 3.8) is 0 Å². The number of nitrogens with zero attached hydrogens (tertiary/aromatic N) is 2. The summed E-state index contributed by atoms with van der Waals surface area (Å²) >= 11 is 0. The molecule has 0 bridgehead atoms. The zero-order chi connectivity index (χ0) is 25.1. The predicted molar refractivity (Wildman–Crippen MR) is 136 cm³/mol. The second-order valence-electron chi connectivity index (χ2n) is 8.15. The van der Waals surface area contributed by atoms with E-state index in [9.17, 15) is 19.2 Å². The second kappa shape index (κ2) is 9.72. The quantitative estimate of drug-likeness (QED) is 0.407. The molecule has 0 aliphatic heterocycles. The van der Waals surface area contributed by atoms with Crippen LogP contribution in [-0.4, -0.2) is 27.1 Å². The van der Waals surface area contributed by atoms with E-state index in [0.717, 1.165) is 0 Å². The molecule has 176 valence electrons. The van der Waals surface area contributed by atoms with Crippen LogP contribution in [0, 0.1) is 0 Å². The summed E-state index contributed by atoms with van der Waals surface area (Å²) in [6.07, 6.45) is 0. The Morgan fingerprint density at radius 1 is 0.857 bits per heavy atom. The lowest BCUT2D eigenvalue weighted by Crippen LogP contribution is -2.33. The van der Waals surface area contributed by atoms with E-state index < -0.39 is 17.5 Å². The van der Waals surface area contributed by atoms with Crippen molar-refractivity contribution in [2.45, 2.75) is 26.8 Å². The molecule has 1 atom stereocenters. The van der Waals surface area contributed by atoms with E-state index in [-0.39, 0.29) is 17.4 Å². The average molecular weight is 469 g/mol. The van der Waals surface area contributed by atoms with Crippen LogP contribution in [0.5, 0.6) is 0 Å². The largest absolute Gasteiger partial charge is 0.326 e. The zero-order valence-corrected chi connectivity index (χ0v) is 19.5. The van der Waals surface area contributed by atoms with Gasteiger partial charge in [0.05, 0.1) is 16.7 Å². The maximum absolute atomic E-state index is 13.7. The molecule has 0 spiro atoms. The normalized spacial score (nSPS) is 11.6. The van der Waals surface area contributed by atoms with Gasteiger partial charge in [-0.05, 0) is 56.3 Å². The molecule has 8 heteroatoms. The highest BCUT2D eigenvalue weighted by Crippen LogP contribution is 2.27. The van der Waals surface area contributed by atoms with Gasteiger partial charge in [-0.1, -0.05) is 30.3 Å². The molecule has 0 fully saturated rings. The molecule has 0 aliphatic carbocycles. The summed E-state index contributed by atoms with van der Waals surface area (Å²) in [5.74, 6) is -0.750. The molecule has 1 aromatic heterocycles. The third-order valence-electron chi connectivity index (χ3n) is 5.61. The van der Waals surface area contributed by atoms with Gasteiger partial charge in [-0.15, -0.1) is 0 Å². The number of amides is 2. The Balaban J connectivity index is 1.79. The number of nitrogens with one attached hydrogen (secondary N) is 2. The number of carbonyl (C=O) groups is 3. The Labute approximate surface area is 201 Å². The number of para-hydroxylation sites is 3. The number of hydrogen-bond acceptors (Lipinski definition) is 5. The Kier molecular flexibility index (Phi) is 6.55. The molecule has 4 aromatic rings. The third-order valence-corrected chi connectivity index (χ3v) is 5.61. The first-order valence-electron chi connectivity index (χ1n) is 11.1. The number of ketones is 1. The minimum atomic E-state index is -0.880. The van der Waals surface area contributed by atoms with Gasteiger partial charge in [0.2, 0.25) is 11.8 Å². The van der Waals surface area contributed by atoms with Crippen molar-refractivity contribution in [1.29, 1.82) is 0 Å². The molecule has 8 nitrogen and oxygen atoms in total. The molecule has 0 saturated heterocycles. The van der Waals surface area contributed by atoms with Crippen molar-refractivity contribution in [2.75, 3.05) is 10.6 Å². The van der Waals surface area contributed by atoms with Gasteiger partial charge in [0.15, 0.2) is 5.78 Å². The van der Waals surface area contributed by atoms with E-state index in [4.69, 9.17) is 0 Å². The highest BCUT2D eigenvalue weighted by atomic mass is 16.2. The Morgan fingerprint density at radius 2 is 1.51 bits per heavy atom. The Hall–Kier alpha value is -4.59. The number of hydrogen-bond donors (Lipinski definition) is 2. The van der Waals surface area contributed by atoms with Crippen LogP contribution < -0.4 is 16.2 Å². The summed E-state index contributed by atoms with van der Waals surface area (Å²) in [5, 5.41) is 5.54. The third kappa shape index (κ3) is 4.86. The molecule has 0 radical (unpaired) electrons. The molecule has 0 aliphatic rings. The standard InChI is InChI=1S/C27H24N4O4/c1-16(26(34)29-20-14-12-19(13-15-20)17(2)32)31-24-11-7-6-10-23(24)30-25(27(31)35)21-8-4-5-9-22(21)28-18(3)33/h4-16H,1-3H3,(H,28,33)(H,29,34)/t16-/m1/s1. The van der Waals surface area contributed by atoms with Crippen molar-refractivity contribution in [2.24, 2.45) is 0 Å². The fourth-order valence-corrected chi connectivity index (χ4v) is 3.85. The first kappa shape index (κ1) is 23.6. The molecular formula is C27H24N4O4. The maximum Gasteiger partial charge on any atom is 0.278 e. The summed E-state index contributed by atoms with van der Waals surface area (Å²) in [4.78, 5) is 54.7. The van der Waals surface area contributed by atoms with Gasteiger partial charge in [0, 0.05) is 23.7 Å². The molecule has 2 N–H and O–H groups in total. The van der Waals surface area contributed by atoms with Gasteiger partial charge in [-0.3, -0.25) is 23.7 Å². The minimum Gasteiger partial charge on any atom is -0.326 e. The molecule has 3 aromatic carbocycles. The van der Waals surface area contributed by atoms with E-state index >= 15 is 0 Å². The zero-order valence-electron chi connectivity index (χ0n) is 19.5. The summed E-state index contributed by atoms with van der Waals surface area (Å²) < 4.78 is 1.40. The number of carbonyl (C=O) groups excluding carboxylic acids is 3. The van der Waals surface area contributed by atoms with Crippen molar-refractivity contribution in [3.05, 3.63) is 88.7 Å². The highest BCUT2D eigenvalue weighted by Gasteiger charge is 2.23. The fourth-order valence-electron chi connectivity index (χ4n) is 3.85. The summed E-state index contributed by atoms with van der Waals surface area (Å²) in [5.41, 5.74) is 2.66. The lowest BCUT2D eigenvalue weighted by Gasteiger charge is -2.19. The van der Waals surface area contributed by atoms with E-state index in [1.54, 1.807) is 79.7 Å². The summed E-state index contributed by atoms with van der Waals surface area (Å²) in [6, 6.07) is 19.6. The lowest BCUT2D eigenvalue weighted by atomic mass is 10.1. The van der Waals surface area contributed by atoms with Gasteiger partial charge < -0.3 is 10.6 Å². The van der Waals surface area contributed by atoms with Gasteiger partial charge in [-0.25, -0.2) is 4.98 Å². The van der Waals surface area contributed by atoms with Crippen LogP contribution in [0.4, 0.5) is 11.4 Å². The molecule has 4 rings (SSSR count). The first-order valence-corrected chi connectivity index (χ1v) is 11.1. The van der Waals surface area contributed by atoms with E-state index in [1.165, 1.54) is 18.4 Å². The van der Waals surface area contributed by atoms with Crippen molar-refractivity contribution < 1.29 is 14.4 Å². The van der Waals surface area contributed by atoms with Gasteiger partial charge in [0.25, 0.3) is 5.56 Å². The Bertz CT molecular complexity index is 1510. The monoisotopic (exact) mass is 468 g/mol. The van der Waals surface area contributed by atoms with Crippen LogP contribution in [-0.2, 0) is 9.59 Å². The topological polar surface area (TPSA) is 110 Å². The van der Waals surface area contributed by atoms with Crippen LogP contribution >= 0.6 is 0 Å². The molecular weight excluding hydrogens is 444 g/mol. The van der Waals surface area contributed by atoms with E-state index in [1.807, 2.05) is 0 Å². The van der Waals surface area contributed by atoms with Gasteiger partial charge >= 0.3 is 0 Å². The maximum atomic E-state index is 13.7. The minimum absolute atomic E-state index is 0.0712. The smallest absolute Gasteiger partial charge is 0.278 e. The van der Waals surface area contributed by atoms with Crippen molar-refractivity contribution in [3.8, 4) is 11.3 Å². The van der Waals surface area contributed by atoms with Gasteiger partial charge in [-0.2, -0.15) is 0 Å². The number of aromatic nitrogens is 2. The van der Waals surface area contributed by atoms with Crippen LogP contribution in [0.15, 0.2) is 77.6 Å². The van der Waals surface area contributed by atoms with Crippen LogP contribution in [0.3, 0.4) is 0 Å². The number of benzene rings is 3. The molecule has 1 heterocycles. The van der Waals surface area contributed by atoms with E-state index in [2.05, 4.69) is 15.6 Å². The van der Waals surface area contributed by atoms with E-state index in [0.29, 0.717) is 33.5 Å². The summed E-state index contributed by atoms with van der Waals surface area (Å²) in [7, 11) is 0. The van der Waals surface area contributed by atoms with Crippen molar-refractivity contribution in [1.82, 2.24) is 9.55 Å². The number of rotatable bonds is 6. The Morgan fingerprint density at radius 3 is 2.20 bits per heavy atom. The van der Waals surface area contributed by atoms with Gasteiger partial charge in [0.1, 0.15) is 11.7 Å². The van der Waals surface area contributed by atoms with Crippen molar-refractivity contribution >= 4 is 40.0 Å². The molecule has 2 amide bonds. The lowest BCUT2D eigenvalue weighted by molar-refractivity contribution is -0.118.